The Morgan fingerprint density at radius 1 is 1.07 bits per heavy atom. The van der Waals surface area contributed by atoms with Gasteiger partial charge in [-0.1, -0.05) is 12.1 Å². The normalized spacial score (nSPS) is 28.3. The number of aromatic amines is 1. The smallest absolute Gasteiger partial charge is 0.143 e. The van der Waals surface area contributed by atoms with Crippen LogP contribution in [0.5, 0.6) is 5.75 Å². The van der Waals surface area contributed by atoms with Gasteiger partial charge in [-0.15, -0.1) is 0 Å². The molecule has 1 aromatic carbocycles. The summed E-state index contributed by atoms with van der Waals surface area (Å²) in [5, 5.41) is 4.81. The highest BCUT2D eigenvalue weighted by atomic mass is 16.5. The lowest BCUT2D eigenvalue weighted by Crippen LogP contribution is -2.48. The number of rotatable bonds is 3. The second-order valence-electron chi connectivity index (χ2n) is 8.99. The van der Waals surface area contributed by atoms with Gasteiger partial charge in [0.15, 0.2) is 0 Å². The van der Waals surface area contributed by atoms with Crippen LogP contribution in [0.1, 0.15) is 22.9 Å². The number of benzene rings is 1. The van der Waals surface area contributed by atoms with Crippen molar-refractivity contribution in [3.8, 4) is 5.75 Å². The lowest BCUT2D eigenvalue weighted by molar-refractivity contribution is 0.0952. The molecular weight excluding hydrogens is 378 g/mol. The van der Waals surface area contributed by atoms with Crippen LogP contribution in [0.4, 0.5) is 5.82 Å². The molecule has 30 heavy (non-hydrogen) atoms. The van der Waals surface area contributed by atoms with Crippen LogP contribution < -0.4 is 10.1 Å². The zero-order chi connectivity index (χ0) is 20.2. The first kappa shape index (κ1) is 18.2. The van der Waals surface area contributed by atoms with E-state index in [4.69, 9.17) is 9.47 Å². The van der Waals surface area contributed by atoms with Crippen LogP contribution >= 0.6 is 0 Å². The van der Waals surface area contributed by atoms with E-state index in [-0.39, 0.29) is 12.1 Å². The van der Waals surface area contributed by atoms with Gasteiger partial charge in [0.05, 0.1) is 30.7 Å². The number of nitrogens with one attached hydrogen (secondary N) is 2. The van der Waals surface area contributed by atoms with Crippen molar-refractivity contribution >= 4 is 16.9 Å². The largest absolute Gasteiger partial charge is 0.491 e. The van der Waals surface area contributed by atoms with Crippen molar-refractivity contribution < 1.29 is 9.47 Å². The summed E-state index contributed by atoms with van der Waals surface area (Å²) in [5.41, 5.74) is 4.36. The van der Waals surface area contributed by atoms with E-state index in [1.54, 1.807) is 6.33 Å². The van der Waals surface area contributed by atoms with E-state index in [0.29, 0.717) is 18.4 Å². The maximum absolute atomic E-state index is 6.26. The Bertz CT molecular complexity index is 1080. The van der Waals surface area contributed by atoms with Crippen molar-refractivity contribution in [3.63, 3.8) is 0 Å². The Kier molecular flexibility index (Phi) is 4.21. The number of ether oxygens (including phenoxy) is 2. The number of anilines is 1. The van der Waals surface area contributed by atoms with Gasteiger partial charge in [-0.05, 0) is 31.5 Å². The molecule has 5 heterocycles. The van der Waals surface area contributed by atoms with Gasteiger partial charge < -0.3 is 19.8 Å². The molecule has 2 fully saturated rings. The highest BCUT2D eigenvalue weighted by Gasteiger charge is 2.44. The van der Waals surface area contributed by atoms with Gasteiger partial charge in [-0.25, -0.2) is 9.97 Å². The third-order valence-corrected chi connectivity index (χ3v) is 6.89. The number of H-pyrrole nitrogens is 1. The maximum atomic E-state index is 6.26. The SMILES string of the molecule is Cc1ccc2c(c1)OC[C@H](N1C[C@H]3COC[C@@H]3C1)[C@H]2Nc1ncnc2[nH]c(C)cc12. The van der Waals surface area contributed by atoms with E-state index >= 15 is 0 Å². The third-order valence-electron chi connectivity index (χ3n) is 6.89. The van der Waals surface area contributed by atoms with E-state index in [0.717, 1.165) is 54.6 Å². The first-order chi connectivity index (χ1) is 14.7. The van der Waals surface area contributed by atoms with E-state index < -0.39 is 0 Å². The summed E-state index contributed by atoms with van der Waals surface area (Å²) < 4.78 is 12.0. The highest BCUT2D eigenvalue weighted by molar-refractivity contribution is 5.87. The van der Waals surface area contributed by atoms with Crippen molar-refractivity contribution in [2.45, 2.75) is 25.9 Å². The molecule has 0 bridgehead atoms. The van der Waals surface area contributed by atoms with E-state index in [2.05, 4.69) is 56.4 Å². The molecule has 0 unspecified atom stereocenters. The molecule has 3 aliphatic heterocycles. The topological polar surface area (TPSA) is 75.3 Å². The van der Waals surface area contributed by atoms with E-state index in [1.165, 1.54) is 11.1 Å². The van der Waals surface area contributed by atoms with Crippen LogP contribution in [0.25, 0.3) is 11.0 Å². The Morgan fingerprint density at radius 3 is 2.73 bits per heavy atom. The Balaban J connectivity index is 1.38. The molecule has 156 valence electrons. The summed E-state index contributed by atoms with van der Waals surface area (Å²) in [7, 11) is 0. The predicted octanol–water partition coefficient (Wildman–Crippen LogP) is 3.07. The van der Waals surface area contributed by atoms with Crippen molar-refractivity contribution in [2.75, 3.05) is 38.2 Å². The van der Waals surface area contributed by atoms with E-state index in [1.807, 2.05) is 6.92 Å². The molecule has 0 radical (unpaired) electrons. The number of hydrogen-bond donors (Lipinski definition) is 2. The Labute approximate surface area is 175 Å². The minimum atomic E-state index is 0.0994. The molecule has 2 aromatic heterocycles. The lowest BCUT2D eigenvalue weighted by Gasteiger charge is -2.40. The van der Waals surface area contributed by atoms with Crippen LogP contribution in [-0.4, -0.2) is 58.8 Å². The molecule has 0 aliphatic carbocycles. The first-order valence-corrected chi connectivity index (χ1v) is 10.8. The average Bonchev–Trinajstić information content (AvgIpc) is 3.42. The minimum Gasteiger partial charge on any atom is -0.491 e. The fourth-order valence-electron chi connectivity index (χ4n) is 5.32. The first-order valence-electron chi connectivity index (χ1n) is 10.8. The fourth-order valence-corrected chi connectivity index (χ4v) is 5.32. The third kappa shape index (κ3) is 2.96. The van der Waals surface area contributed by atoms with Crippen LogP contribution in [-0.2, 0) is 4.74 Å². The number of hydrogen-bond acceptors (Lipinski definition) is 6. The molecule has 7 heteroatoms. The monoisotopic (exact) mass is 405 g/mol. The number of aromatic nitrogens is 3. The molecule has 2 N–H and O–H groups in total. The van der Waals surface area contributed by atoms with E-state index in [9.17, 15) is 0 Å². The zero-order valence-electron chi connectivity index (χ0n) is 17.4. The number of aryl methyl sites for hydroxylation is 2. The van der Waals surface area contributed by atoms with Gasteiger partial charge in [-0.3, -0.25) is 4.90 Å². The molecule has 7 nitrogen and oxygen atoms in total. The molecule has 2 saturated heterocycles. The number of likely N-dealkylation sites (tertiary alicyclic amines) is 1. The Hall–Kier alpha value is -2.64. The van der Waals surface area contributed by atoms with Crippen LogP contribution in [0.3, 0.4) is 0 Å². The van der Waals surface area contributed by atoms with Crippen molar-refractivity contribution in [3.05, 3.63) is 47.4 Å². The molecule has 4 atom stereocenters. The van der Waals surface area contributed by atoms with Crippen LogP contribution in [0.15, 0.2) is 30.6 Å². The fraction of sp³-hybridized carbons (Fsp3) is 0.478. The summed E-state index contributed by atoms with van der Waals surface area (Å²) in [6.07, 6.45) is 1.63. The second-order valence-corrected chi connectivity index (χ2v) is 8.99. The quantitative estimate of drug-likeness (QED) is 0.698. The molecular formula is C23H27N5O2. The van der Waals surface area contributed by atoms with Crippen LogP contribution in [0, 0.1) is 25.7 Å². The second kappa shape index (κ2) is 6.96. The summed E-state index contributed by atoms with van der Waals surface area (Å²) >= 11 is 0. The van der Waals surface area contributed by atoms with Crippen molar-refractivity contribution in [2.24, 2.45) is 11.8 Å². The Morgan fingerprint density at radius 2 is 1.90 bits per heavy atom. The van der Waals surface area contributed by atoms with Gasteiger partial charge in [0, 0.05) is 36.2 Å². The van der Waals surface area contributed by atoms with Gasteiger partial charge >= 0.3 is 0 Å². The predicted molar refractivity (Wildman–Crippen MR) is 115 cm³/mol. The zero-order valence-corrected chi connectivity index (χ0v) is 17.4. The summed E-state index contributed by atoms with van der Waals surface area (Å²) in [4.78, 5) is 14.9. The maximum Gasteiger partial charge on any atom is 0.143 e. The van der Waals surface area contributed by atoms with Crippen molar-refractivity contribution in [1.82, 2.24) is 19.9 Å². The van der Waals surface area contributed by atoms with Gasteiger partial charge in [-0.2, -0.15) is 0 Å². The minimum absolute atomic E-state index is 0.0994. The molecule has 3 aliphatic rings. The van der Waals surface area contributed by atoms with Gasteiger partial charge in [0.2, 0.25) is 0 Å². The number of fused-ring (bicyclic) bond motifs is 3. The molecule has 0 amide bonds. The molecule has 0 saturated carbocycles. The summed E-state index contributed by atoms with van der Waals surface area (Å²) in [5.74, 6) is 3.13. The molecule has 3 aromatic rings. The number of nitrogens with zero attached hydrogens (tertiary/aromatic N) is 3. The van der Waals surface area contributed by atoms with Gasteiger partial charge in [0.1, 0.15) is 30.1 Å². The standard InChI is InChI=1S/C23H27N5O2/c1-13-3-4-17-20(5-13)30-11-19(28-7-15-9-29-10-16(15)8-28)21(17)27-23-18-6-14(2)26-22(18)24-12-25-23/h3-6,12,15-16,19,21H,7-11H2,1-2H3,(H2,24,25,26,27)/t15-,16-,19-,21-/m0/s1. The molecule has 0 spiro atoms. The summed E-state index contributed by atoms with van der Waals surface area (Å²) in [6.45, 7) is 8.74. The molecule has 6 rings (SSSR count). The van der Waals surface area contributed by atoms with Crippen molar-refractivity contribution in [1.29, 1.82) is 0 Å². The van der Waals surface area contributed by atoms with Gasteiger partial charge in [0.25, 0.3) is 0 Å². The lowest BCUT2D eigenvalue weighted by atomic mass is 9.94. The average molecular weight is 406 g/mol. The highest BCUT2D eigenvalue weighted by Crippen LogP contribution is 2.41. The summed E-state index contributed by atoms with van der Waals surface area (Å²) in [6, 6.07) is 8.97. The van der Waals surface area contributed by atoms with Crippen LogP contribution in [0.2, 0.25) is 0 Å².